The lowest BCUT2D eigenvalue weighted by atomic mass is 10.3. The van der Waals surface area contributed by atoms with Gasteiger partial charge in [0.25, 0.3) is 0 Å². The number of hydrogen-bond acceptors (Lipinski definition) is 3. The minimum Gasteiger partial charge on any atom is -0.324 e. The van der Waals surface area contributed by atoms with Crippen LogP contribution in [0.4, 0.5) is 5.69 Å². The van der Waals surface area contributed by atoms with Crippen LogP contribution in [-0.4, -0.2) is 5.91 Å². The van der Waals surface area contributed by atoms with E-state index in [2.05, 4.69) is 17.9 Å². The predicted octanol–water partition coefficient (Wildman–Crippen LogP) is 2.48. The van der Waals surface area contributed by atoms with Crippen molar-refractivity contribution in [3.8, 4) is 6.07 Å². The normalized spacial score (nSPS) is 9.21. The van der Waals surface area contributed by atoms with Crippen LogP contribution in [0.25, 0.3) is 0 Å². The molecule has 5 heteroatoms. The number of nitrogens with one attached hydrogen (secondary N) is 1. The quantitative estimate of drug-likeness (QED) is 0.762. The number of hydrogen-bond donors (Lipinski definition) is 2. The van der Waals surface area contributed by atoms with Crippen molar-refractivity contribution in [2.24, 2.45) is 0 Å². The molecule has 0 atom stereocenters. The lowest BCUT2D eigenvalue weighted by Crippen LogP contribution is -2.10. The molecule has 1 amide bonds. The van der Waals surface area contributed by atoms with Crippen molar-refractivity contribution >= 4 is 35.8 Å². The number of nitriles is 1. The molecular weight excluding hydrogens is 220 g/mol. The Morgan fingerprint density at radius 2 is 2.36 bits per heavy atom. The van der Waals surface area contributed by atoms with Crippen LogP contribution in [0.15, 0.2) is 23.1 Å². The molecule has 0 aliphatic heterocycles. The summed E-state index contributed by atoms with van der Waals surface area (Å²) in [5.74, 6) is -0.356. The van der Waals surface area contributed by atoms with Crippen molar-refractivity contribution in [3.63, 3.8) is 0 Å². The van der Waals surface area contributed by atoms with Gasteiger partial charge >= 0.3 is 0 Å². The Balaban J connectivity index is 2.78. The maximum atomic E-state index is 11.0. The highest BCUT2D eigenvalue weighted by Crippen LogP contribution is 2.23. The second-order valence-electron chi connectivity index (χ2n) is 2.54. The van der Waals surface area contributed by atoms with Crippen molar-refractivity contribution in [2.45, 2.75) is 11.3 Å². The number of anilines is 1. The molecule has 0 aliphatic rings. The Morgan fingerprint density at radius 1 is 1.64 bits per heavy atom. The van der Waals surface area contributed by atoms with E-state index in [4.69, 9.17) is 16.9 Å². The average molecular weight is 227 g/mol. The first-order valence-electron chi connectivity index (χ1n) is 3.79. The third-order valence-corrected chi connectivity index (χ3v) is 2.08. The molecule has 0 saturated heterocycles. The van der Waals surface area contributed by atoms with Gasteiger partial charge in [0.15, 0.2) is 0 Å². The molecule has 72 valence electrons. The van der Waals surface area contributed by atoms with E-state index in [1.165, 1.54) is 0 Å². The van der Waals surface area contributed by atoms with E-state index in [-0.39, 0.29) is 12.3 Å². The van der Waals surface area contributed by atoms with Crippen LogP contribution in [0.5, 0.6) is 0 Å². The van der Waals surface area contributed by atoms with Crippen molar-refractivity contribution < 1.29 is 4.79 Å². The number of rotatable bonds is 2. The number of carbonyl (C=O) groups excluding carboxylic acids is 1. The number of amides is 1. The molecule has 0 bridgehead atoms. The predicted molar refractivity (Wildman–Crippen MR) is 57.6 cm³/mol. The van der Waals surface area contributed by atoms with Crippen LogP contribution < -0.4 is 5.32 Å². The number of thiol groups is 1. The molecular formula is C9H7ClN2OS. The third kappa shape index (κ3) is 2.95. The fourth-order valence-corrected chi connectivity index (χ4v) is 1.39. The molecule has 0 saturated carbocycles. The summed E-state index contributed by atoms with van der Waals surface area (Å²) < 4.78 is 0. The largest absolute Gasteiger partial charge is 0.324 e. The van der Waals surface area contributed by atoms with Gasteiger partial charge in [-0.1, -0.05) is 11.6 Å². The Morgan fingerprint density at radius 3 is 2.93 bits per heavy atom. The van der Waals surface area contributed by atoms with Gasteiger partial charge < -0.3 is 5.32 Å². The lowest BCUT2D eigenvalue weighted by Gasteiger charge is -2.05. The molecule has 0 fully saturated rings. The van der Waals surface area contributed by atoms with E-state index in [0.717, 1.165) is 0 Å². The first kappa shape index (κ1) is 10.9. The molecule has 0 aromatic heterocycles. The van der Waals surface area contributed by atoms with Gasteiger partial charge in [0.2, 0.25) is 5.91 Å². The number of halogens is 1. The summed E-state index contributed by atoms with van der Waals surface area (Å²) in [6, 6.07) is 6.65. The van der Waals surface area contributed by atoms with E-state index < -0.39 is 0 Å². The molecule has 14 heavy (non-hydrogen) atoms. The summed E-state index contributed by atoms with van der Waals surface area (Å²) in [7, 11) is 0. The molecule has 1 rings (SSSR count). The molecule has 1 aromatic carbocycles. The van der Waals surface area contributed by atoms with Crippen LogP contribution in [0, 0.1) is 11.3 Å². The minimum atomic E-state index is -0.356. The van der Waals surface area contributed by atoms with E-state index >= 15 is 0 Å². The molecule has 3 nitrogen and oxygen atoms in total. The van der Waals surface area contributed by atoms with Gasteiger partial charge in [0, 0.05) is 9.92 Å². The zero-order valence-corrected chi connectivity index (χ0v) is 8.77. The fourth-order valence-electron chi connectivity index (χ4n) is 0.877. The number of nitrogens with zero attached hydrogens (tertiary/aromatic N) is 1. The van der Waals surface area contributed by atoms with Gasteiger partial charge in [0.05, 0.1) is 11.8 Å². The van der Waals surface area contributed by atoms with Crippen molar-refractivity contribution in [1.29, 1.82) is 5.26 Å². The number of benzene rings is 1. The Hall–Kier alpha value is -1.18. The summed E-state index contributed by atoms with van der Waals surface area (Å²) in [4.78, 5) is 11.6. The standard InChI is InChI=1S/C9H7ClN2OS/c10-6-1-2-7(8(14)5-6)12-9(13)3-4-11/h1-2,5,14H,3H2,(H,12,13). The van der Waals surface area contributed by atoms with Gasteiger partial charge in [-0.05, 0) is 18.2 Å². The van der Waals surface area contributed by atoms with Crippen LogP contribution in [-0.2, 0) is 4.79 Å². The van der Waals surface area contributed by atoms with Crippen LogP contribution in [0.1, 0.15) is 6.42 Å². The van der Waals surface area contributed by atoms with E-state index in [0.29, 0.717) is 15.6 Å². The van der Waals surface area contributed by atoms with Crippen LogP contribution in [0.3, 0.4) is 0 Å². The monoisotopic (exact) mass is 226 g/mol. The fraction of sp³-hybridized carbons (Fsp3) is 0.111. The first-order chi connectivity index (χ1) is 6.63. The minimum absolute atomic E-state index is 0.171. The highest BCUT2D eigenvalue weighted by atomic mass is 35.5. The van der Waals surface area contributed by atoms with Gasteiger partial charge in [-0.25, -0.2) is 0 Å². The van der Waals surface area contributed by atoms with Crippen molar-refractivity contribution in [3.05, 3.63) is 23.2 Å². The van der Waals surface area contributed by atoms with Gasteiger partial charge in [-0.15, -0.1) is 12.6 Å². The third-order valence-electron chi connectivity index (χ3n) is 1.47. The van der Waals surface area contributed by atoms with Gasteiger partial charge in [0.1, 0.15) is 6.42 Å². The molecule has 0 spiro atoms. The Bertz CT molecular complexity index is 400. The first-order valence-corrected chi connectivity index (χ1v) is 4.61. The summed E-state index contributed by atoms with van der Waals surface area (Å²) >= 11 is 9.83. The maximum Gasteiger partial charge on any atom is 0.238 e. The summed E-state index contributed by atoms with van der Waals surface area (Å²) in [5, 5.41) is 11.4. The maximum absolute atomic E-state index is 11.0. The van der Waals surface area contributed by atoms with E-state index in [1.807, 2.05) is 0 Å². The smallest absolute Gasteiger partial charge is 0.238 e. The second kappa shape index (κ2) is 4.89. The molecule has 0 heterocycles. The molecule has 0 unspecified atom stereocenters. The Kier molecular flexibility index (Phi) is 3.81. The lowest BCUT2D eigenvalue weighted by molar-refractivity contribution is -0.115. The summed E-state index contributed by atoms with van der Waals surface area (Å²) in [5.41, 5.74) is 0.554. The summed E-state index contributed by atoms with van der Waals surface area (Å²) in [6.45, 7) is 0. The van der Waals surface area contributed by atoms with Gasteiger partial charge in [-0.3, -0.25) is 4.79 Å². The van der Waals surface area contributed by atoms with E-state index in [1.54, 1.807) is 24.3 Å². The van der Waals surface area contributed by atoms with Gasteiger partial charge in [-0.2, -0.15) is 5.26 Å². The SMILES string of the molecule is N#CCC(=O)Nc1ccc(Cl)cc1S. The summed E-state index contributed by atoms with van der Waals surface area (Å²) in [6.07, 6.45) is -0.171. The van der Waals surface area contributed by atoms with Crippen molar-refractivity contribution in [2.75, 3.05) is 5.32 Å². The molecule has 1 aromatic rings. The molecule has 0 radical (unpaired) electrons. The van der Waals surface area contributed by atoms with Crippen LogP contribution in [0.2, 0.25) is 5.02 Å². The van der Waals surface area contributed by atoms with Crippen LogP contribution >= 0.6 is 24.2 Å². The van der Waals surface area contributed by atoms with E-state index in [9.17, 15) is 4.79 Å². The Labute approximate surface area is 92.1 Å². The topological polar surface area (TPSA) is 52.9 Å². The molecule has 0 aliphatic carbocycles. The average Bonchev–Trinajstić information content (AvgIpc) is 2.10. The zero-order valence-electron chi connectivity index (χ0n) is 7.12. The van der Waals surface area contributed by atoms with Crippen molar-refractivity contribution in [1.82, 2.24) is 0 Å². The molecule has 1 N–H and O–H groups in total. The second-order valence-corrected chi connectivity index (χ2v) is 3.46. The zero-order chi connectivity index (χ0) is 10.6. The highest BCUT2D eigenvalue weighted by Gasteiger charge is 2.04. The number of carbonyl (C=O) groups is 1. The highest BCUT2D eigenvalue weighted by molar-refractivity contribution is 7.80.